The van der Waals surface area contributed by atoms with Gasteiger partial charge in [-0.15, -0.1) is 22.7 Å². The molecule has 7 heteroatoms. The summed E-state index contributed by atoms with van der Waals surface area (Å²) in [6.07, 6.45) is 0. The number of ketones is 1. The highest BCUT2D eigenvalue weighted by molar-refractivity contribution is 7.10. The van der Waals surface area contributed by atoms with Gasteiger partial charge in [0, 0.05) is 28.5 Å². The first kappa shape index (κ1) is 19.5. The zero-order valence-electron chi connectivity index (χ0n) is 15.6. The van der Waals surface area contributed by atoms with Crippen LogP contribution >= 0.6 is 22.7 Å². The van der Waals surface area contributed by atoms with Crippen LogP contribution < -0.4 is 0 Å². The third kappa shape index (κ3) is 4.55. The molecular formula is C20H22N2O3S2. The number of nitrogens with one attached hydrogen (secondary N) is 1. The Labute approximate surface area is 166 Å². The molecule has 3 heterocycles. The van der Waals surface area contributed by atoms with Crippen LogP contribution in [0.4, 0.5) is 0 Å². The van der Waals surface area contributed by atoms with E-state index in [1.54, 1.807) is 36.5 Å². The first-order valence-corrected chi connectivity index (χ1v) is 10.3. The van der Waals surface area contributed by atoms with E-state index < -0.39 is 5.97 Å². The molecule has 3 aromatic rings. The number of nitrogens with zero attached hydrogens (tertiary/aromatic N) is 1. The summed E-state index contributed by atoms with van der Waals surface area (Å²) in [5.41, 5.74) is 2.24. The maximum atomic E-state index is 13.0. The van der Waals surface area contributed by atoms with Gasteiger partial charge in [-0.25, -0.2) is 4.79 Å². The van der Waals surface area contributed by atoms with Crippen LogP contribution in [0.15, 0.2) is 35.0 Å². The second-order valence-corrected chi connectivity index (χ2v) is 8.41. The molecule has 0 saturated carbocycles. The van der Waals surface area contributed by atoms with Gasteiger partial charge in [-0.05, 0) is 42.3 Å². The van der Waals surface area contributed by atoms with Crippen LogP contribution in [0.25, 0.3) is 0 Å². The molecule has 1 N–H and O–H groups in total. The Balaban J connectivity index is 1.80. The number of esters is 1. The summed E-state index contributed by atoms with van der Waals surface area (Å²) in [7, 11) is 1.35. The van der Waals surface area contributed by atoms with Crippen LogP contribution in [-0.4, -0.2) is 35.3 Å². The number of rotatable bonds is 8. The van der Waals surface area contributed by atoms with Gasteiger partial charge in [0.15, 0.2) is 5.78 Å². The van der Waals surface area contributed by atoms with Crippen LogP contribution in [-0.2, 0) is 17.8 Å². The molecule has 5 nitrogen and oxygen atoms in total. The summed E-state index contributed by atoms with van der Waals surface area (Å²) < 4.78 is 4.83. The molecule has 0 amide bonds. The lowest BCUT2D eigenvalue weighted by Crippen LogP contribution is -2.29. The highest BCUT2D eigenvalue weighted by Crippen LogP contribution is 2.21. The van der Waals surface area contributed by atoms with Crippen molar-refractivity contribution in [3.05, 3.63) is 67.3 Å². The Hall–Kier alpha value is -2.22. The summed E-state index contributed by atoms with van der Waals surface area (Å²) >= 11 is 3.37. The fraction of sp³-hybridized carbons (Fsp3) is 0.300. The van der Waals surface area contributed by atoms with Gasteiger partial charge in [-0.3, -0.25) is 9.69 Å². The van der Waals surface area contributed by atoms with E-state index in [9.17, 15) is 9.59 Å². The van der Waals surface area contributed by atoms with Crippen molar-refractivity contribution in [1.82, 2.24) is 9.88 Å². The monoisotopic (exact) mass is 402 g/mol. The number of carbonyl (C=O) groups excluding carboxylic acids is 2. The van der Waals surface area contributed by atoms with E-state index in [0.717, 1.165) is 0 Å². The van der Waals surface area contributed by atoms with Crippen molar-refractivity contribution in [3.8, 4) is 0 Å². The molecule has 0 aliphatic carbocycles. The van der Waals surface area contributed by atoms with E-state index in [-0.39, 0.29) is 12.3 Å². The zero-order chi connectivity index (χ0) is 19.4. The average molecular weight is 403 g/mol. The maximum absolute atomic E-state index is 13.0. The van der Waals surface area contributed by atoms with Crippen LogP contribution in [0.1, 0.15) is 41.9 Å². The van der Waals surface area contributed by atoms with Crippen molar-refractivity contribution in [3.63, 3.8) is 0 Å². The largest absolute Gasteiger partial charge is 0.465 e. The lowest BCUT2D eigenvalue weighted by atomic mass is 10.1. The molecule has 0 atom stereocenters. The number of thiophene rings is 2. The third-order valence-electron chi connectivity index (χ3n) is 4.39. The quantitative estimate of drug-likeness (QED) is 0.447. The highest BCUT2D eigenvalue weighted by atomic mass is 32.1. The summed E-state index contributed by atoms with van der Waals surface area (Å²) in [5, 5.41) is 4.09. The number of ether oxygens (including phenoxy) is 1. The first-order chi connectivity index (χ1) is 13.0. The second-order valence-electron chi connectivity index (χ2n) is 6.34. The number of aromatic nitrogens is 1. The predicted octanol–water partition coefficient (Wildman–Crippen LogP) is 4.43. The summed E-state index contributed by atoms with van der Waals surface area (Å²) in [5.74, 6) is -0.451. The van der Waals surface area contributed by atoms with Crippen LogP contribution in [0.5, 0.6) is 0 Å². The van der Waals surface area contributed by atoms with Gasteiger partial charge in [-0.2, -0.15) is 0 Å². The number of aromatic amines is 1. The van der Waals surface area contributed by atoms with Crippen LogP contribution in [0.3, 0.4) is 0 Å². The lowest BCUT2D eigenvalue weighted by Gasteiger charge is -2.20. The Kier molecular flexibility index (Phi) is 6.26. The van der Waals surface area contributed by atoms with E-state index in [0.29, 0.717) is 35.6 Å². The van der Waals surface area contributed by atoms with E-state index >= 15 is 0 Å². The summed E-state index contributed by atoms with van der Waals surface area (Å²) in [6, 6.07) is 8.20. The molecule has 3 aromatic heterocycles. The molecule has 27 heavy (non-hydrogen) atoms. The maximum Gasteiger partial charge on any atom is 0.339 e. The van der Waals surface area contributed by atoms with Crippen molar-refractivity contribution in [2.24, 2.45) is 0 Å². The minimum Gasteiger partial charge on any atom is -0.465 e. The normalized spacial score (nSPS) is 11.1. The lowest BCUT2D eigenvalue weighted by molar-refractivity contribution is 0.0599. The first-order valence-electron chi connectivity index (χ1n) is 8.57. The van der Waals surface area contributed by atoms with Gasteiger partial charge in [0.05, 0.1) is 24.9 Å². The summed E-state index contributed by atoms with van der Waals surface area (Å²) in [6.45, 7) is 5.27. The van der Waals surface area contributed by atoms with E-state index in [1.165, 1.54) is 16.9 Å². The number of hydrogen-bond donors (Lipinski definition) is 1. The van der Waals surface area contributed by atoms with Gasteiger partial charge in [-0.1, -0.05) is 12.1 Å². The van der Waals surface area contributed by atoms with Gasteiger partial charge >= 0.3 is 5.97 Å². The zero-order valence-corrected chi connectivity index (χ0v) is 17.2. The molecule has 0 saturated heterocycles. The number of carbonyl (C=O) groups is 2. The van der Waals surface area contributed by atoms with E-state index in [4.69, 9.17) is 4.74 Å². The fourth-order valence-electron chi connectivity index (χ4n) is 3.13. The van der Waals surface area contributed by atoms with Gasteiger partial charge < -0.3 is 9.72 Å². The molecule has 142 valence electrons. The van der Waals surface area contributed by atoms with Crippen molar-refractivity contribution in [2.45, 2.75) is 26.9 Å². The van der Waals surface area contributed by atoms with Crippen LogP contribution in [0, 0.1) is 13.8 Å². The minimum atomic E-state index is -0.422. The highest BCUT2D eigenvalue weighted by Gasteiger charge is 2.24. The molecule has 0 spiro atoms. The molecule has 0 aliphatic rings. The Morgan fingerprint density at radius 3 is 2.15 bits per heavy atom. The molecule has 0 fully saturated rings. The van der Waals surface area contributed by atoms with E-state index in [2.05, 4.69) is 22.0 Å². The smallest absolute Gasteiger partial charge is 0.339 e. The molecule has 3 rings (SSSR count). The number of H-pyrrole nitrogens is 1. The van der Waals surface area contributed by atoms with Crippen LogP contribution in [0.2, 0.25) is 0 Å². The van der Waals surface area contributed by atoms with Gasteiger partial charge in [0.1, 0.15) is 0 Å². The fourth-order valence-corrected chi connectivity index (χ4v) is 4.63. The Morgan fingerprint density at radius 1 is 1.07 bits per heavy atom. The third-order valence-corrected chi connectivity index (χ3v) is 6.11. The Morgan fingerprint density at radius 2 is 1.67 bits per heavy atom. The number of methoxy groups -OCH3 is 1. The Bertz CT molecular complexity index is 875. The minimum absolute atomic E-state index is 0.0288. The predicted molar refractivity (Wildman–Crippen MR) is 109 cm³/mol. The molecule has 0 bridgehead atoms. The van der Waals surface area contributed by atoms with Crippen molar-refractivity contribution in [2.75, 3.05) is 13.7 Å². The van der Waals surface area contributed by atoms with Crippen molar-refractivity contribution < 1.29 is 14.3 Å². The molecule has 0 aromatic carbocycles. The number of hydrogen-bond acceptors (Lipinski definition) is 6. The molecule has 0 radical (unpaired) electrons. The van der Waals surface area contributed by atoms with E-state index in [1.807, 2.05) is 22.9 Å². The molecule has 0 unspecified atom stereocenters. The number of aryl methyl sites for hydroxylation is 1. The van der Waals surface area contributed by atoms with Crippen molar-refractivity contribution >= 4 is 34.4 Å². The van der Waals surface area contributed by atoms with Crippen molar-refractivity contribution in [1.29, 1.82) is 0 Å². The second kappa shape index (κ2) is 8.65. The number of Topliss-reactive ketones (excluding diaryl/α,β-unsaturated/α-hetero) is 1. The average Bonchev–Trinajstić information content (AvgIpc) is 3.37. The molecular weight excluding hydrogens is 380 g/mol. The SMILES string of the molecule is COC(=O)c1c(C)[nH]c(C(=O)CN(Cc2cccs2)Cc2cccs2)c1C. The summed E-state index contributed by atoms with van der Waals surface area (Å²) in [4.78, 5) is 32.6. The molecule has 0 aliphatic heterocycles. The van der Waals surface area contributed by atoms with Gasteiger partial charge in [0.2, 0.25) is 0 Å². The van der Waals surface area contributed by atoms with Gasteiger partial charge in [0.25, 0.3) is 0 Å². The standard InChI is InChI=1S/C20H22N2O3S2/c1-13-18(20(24)25-3)14(2)21-19(13)17(23)12-22(10-15-6-4-8-26-15)11-16-7-5-9-27-16/h4-9,21H,10-12H2,1-3H3. The topological polar surface area (TPSA) is 62.4 Å².